The second-order valence-electron chi connectivity index (χ2n) is 7.93. The van der Waals surface area contributed by atoms with Crippen LogP contribution in [0.15, 0.2) is 39.9 Å². The zero-order valence-corrected chi connectivity index (χ0v) is 17.9. The van der Waals surface area contributed by atoms with Crippen LogP contribution >= 0.6 is 0 Å². The van der Waals surface area contributed by atoms with Crippen LogP contribution in [-0.2, 0) is 19.5 Å². The Kier molecular flexibility index (Phi) is 7.42. The Labute approximate surface area is 180 Å². The molecule has 168 valence electrons. The van der Waals surface area contributed by atoms with Gasteiger partial charge in [0.15, 0.2) is 5.78 Å². The molecule has 1 aromatic heterocycles. The minimum Gasteiger partial charge on any atom is -0.384 e. The van der Waals surface area contributed by atoms with E-state index in [0.717, 1.165) is 23.0 Å². The maximum Gasteiger partial charge on any atom is 0.332 e. The summed E-state index contributed by atoms with van der Waals surface area (Å²) in [6.07, 6.45) is 1.93. The molecule has 0 bridgehead atoms. The lowest BCUT2D eigenvalue weighted by Gasteiger charge is -2.36. The Morgan fingerprint density at radius 1 is 1.19 bits per heavy atom. The van der Waals surface area contributed by atoms with Crippen LogP contribution in [0.5, 0.6) is 0 Å². The van der Waals surface area contributed by atoms with Crippen molar-refractivity contribution in [2.75, 3.05) is 18.8 Å². The van der Waals surface area contributed by atoms with Gasteiger partial charge in [-0.3, -0.25) is 23.6 Å². The summed E-state index contributed by atoms with van der Waals surface area (Å²) in [4.78, 5) is 40.7. The normalized spacial score (nSPS) is 18.1. The molecule has 5 N–H and O–H groups in total. The lowest BCUT2D eigenvalue weighted by Crippen LogP contribution is -2.52. The highest BCUT2D eigenvalue weighted by molar-refractivity contribution is 6.01. The van der Waals surface area contributed by atoms with Gasteiger partial charge in [0.25, 0.3) is 5.56 Å². The third-order valence-electron chi connectivity index (χ3n) is 5.93. The molecule has 2 heterocycles. The van der Waals surface area contributed by atoms with E-state index < -0.39 is 23.3 Å². The molecule has 1 aliphatic rings. The van der Waals surface area contributed by atoms with Crippen molar-refractivity contribution in [3.05, 3.63) is 62.3 Å². The van der Waals surface area contributed by atoms with Crippen LogP contribution in [0.25, 0.3) is 0 Å². The number of Topliss-reactive ketones (excluding diaryl/α,β-unsaturated/α-hetero) is 1. The van der Waals surface area contributed by atoms with E-state index in [1.807, 2.05) is 30.3 Å². The Hall–Kier alpha value is -2.75. The Bertz CT molecular complexity index is 1030. The van der Waals surface area contributed by atoms with Crippen LogP contribution in [0.3, 0.4) is 0 Å². The van der Waals surface area contributed by atoms with E-state index >= 15 is 0 Å². The van der Waals surface area contributed by atoms with Gasteiger partial charge < -0.3 is 16.6 Å². The number of nitrogen functional groups attached to an aromatic ring is 1. The second kappa shape index (κ2) is 10.0. The zero-order valence-electron chi connectivity index (χ0n) is 17.9. The van der Waals surface area contributed by atoms with Crippen molar-refractivity contribution in [3.8, 4) is 0 Å². The molecular weight excluding hydrogens is 398 g/mol. The quantitative estimate of drug-likeness (QED) is 0.402. The number of anilines is 1. The number of rotatable bonds is 8. The van der Waals surface area contributed by atoms with E-state index in [9.17, 15) is 19.5 Å². The predicted octanol–water partition coefficient (Wildman–Crippen LogP) is 0.169. The van der Waals surface area contributed by atoms with Gasteiger partial charge in [0.05, 0.1) is 6.54 Å². The number of likely N-dealkylation sites (tertiary alicyclic amines) is 1. The molecule has 1 aliphatic heterocycles. The molecule has 1 aromatic carbocycles. The molecule has 3 rings (SSSR count). The SMILES string of the molecule is CCn1c(=O)c(C(=O)CN2CCCCC2C(N)O)c(N)n(CCc2ccccc2)c1=O. The summed E-state index contributed by atoms with van der Waals surface area (Å²) in [5, 5.41) is 9.87. The molecule has 9 heteroatoms. The Balaban J connectivity index is 1.94. The van der Waals surface area contributed by atoms with Crippen molar-refractivity contribution in [1.82, 2.24) is 14.0 Å². The van der Waals surface area contributed by atoms with Gasteiger partial charge in [-0.05, 0) is 38.3 Å². The topological polar surface area (TPSA) is 137 Å². The molecule has 2 unspecified atom stereocenters. The third-order valence-corrected chi connectivity index (χ3v) is 5.93. The van der Waals surface area contributed by atoms with E-state index in [4.69, 9.17) is 11.5 Å². The number of carbonyl (C=O) groups excluding carboxylic acids is 1. The molecule has 9 nitrogen and oxygen atoms in total. The maximum absolute atomic E-state index is 13.2. The highest BCUT2D eigenvalue weighted by Crippen LogP contribution is 2.19. The van der Waals surface area contributed by atoms with E-state index in [1.165, 1.54) is 4.57 Å². The summed E-state index contributed by atoms with van der Waals surface area (Å²) in [6, 6.07) is 9.25. The number of piperidine rings is 1. The van der Waals surface area contributed by atoms with Crippen LogP contribution in [0, 0.1) is 0 Å². The number of nitrogens with two attached hydrogens (primary N) is 2. The van der Waals surface area contributed by atoms with Gasteiger partial charge in [0.1, 0.15) is 17.6 Å². The Morgan fingerprint density at radius 3 is 2.55 bits per heavy atom. The van der Waals surface area contributed by atoms with Gasteiger partial charge in [0.2, 0.25) is 0 Å². The fourth-order valence-electron chi connectivity index (χ4n) is 4.22. The summed E-state index contributed by atoms with van der Waals surface area (Å²) in [5.74, 6) is -0.576. The highest BCUT2D eigenvalue weighted by atomic mass is 16.3. The molecule has 0 amide bonds. The van der Waals surface area contributed by atoms with Gasteiger partial charge in [-0.1, -0.05) is 36.8 Å². The van der Waals surface area contributed by atoms with Crippen molar-refractivity contribution < 1.29 is 9.90 Å². The largest absolute Gasteiger partial charge is 0.384 e. The molecule has 0 spiro atoms. The van der Waals surface area contributed by atoms with Crippen molar-refractivity contribution in [1.29, 1.82) is 0 Å². The van der Waals surface area contributed by atoms with Crippen molar-refractivity contribution in [3.63, 3.8) is 0 Å². The summed E-state index contributed by atoms with van der Waals surface area (Å²) in [5.41, 5.74) is 11.5. The van der Waals surface area contributed by atoms with Crippen LogP contribution < -0.4 is 22.7 Å². The number of aromatic nitrogens is 2. The standard InChI is InChI=1S/C22H31N5O4/c1-2-26-21(30)18(17(28)14-25-12-7-6-10-16(25)20(24)29)19(23)27(22(26)31)13-11-15-8-4-3-5-9-15/h3-5,8-9,16,20,29H,2,6-7,10-14,23-24H2,1H3. The second-order valence-corrected chi connectivity index (χ2v) is 7.93. The summed E-state index contributed by atoms with van der Waals surface area (Å²) >= 11 is 0. The first-order chi connectivity index (χ1) is 14.8. The number of aryl methyl sites for hydroxylation is 1. The average Bonchev–Trinajstić information content (AvgIpc) is 2.75. The van der Waals surface area contributed by atoms with Crippen molar-refractivity contribution in [2.45, 2.75) is 58.0 Å². The molecule has 0 aliphatic carbocycles. The number of hydrogen-bond acceptors (Lipinski definition) is 7. The smallest absolute Gasteiger partial charge is 0.332 e. The van der Waals surface area contributed by atoms with E-state index in [2.05, 4.69) is 0 Å². The van der Waals surface area contributed by atoms with Crippen LogP contribution in [-0.4, -0.2) is 50.3 Å². The van der Waals surface area contributed by atoms with Gasteiger partial charge >= 0.3 is 5.69 Å². The number of aliphatic hydroxyl groups is 1. The molecule has 1 saturated heterocycles. The first kappa shape index (κ1) is 22.9. The van der Waals surface area contributed by atoms with Crippen LogP contribution in [0.2, 0.25) is 0 Å². The third kappa shape index (κ3) is 4.95. The first-order valence-corrected chi connectivity index (χ1v) is 10.7. The molecule has 2 atom stereocenters. The van der Waals surface area contributed by atoms with E-state index in [-0.39, 0.29) is 37.1 Å². The number of ketones is 1. The van der Waals surface area contributed by atoms with Gasteiger partial charge in [0, 0.05) is 19.1 Å². The van der Waals surface area contributed by atoms with Gasteiger partial charge in [-0.25, -0.2) is 4.79 Å². The summed E-state index contributed by atoms with van der Waals surface area (Å²) in [6.45, 7) is 2.58. The number of benzene rings is 1. The molecule has 0 radical (unpaired) electrons. The van der Waals surface area contributed by atoms with Crippen molar-refractivity contribution >= 4 is 11.6 Å². The number of nitrogens with zero attached hydrogens (tertiary/aromatic N) is 3. The number of carbonyl (C=O) groups is 1. The van der Waals surface area contributed by atoms with E-state index in [0.29, 0.717) is 19.4 Å². The lowest BCUT2D eigenvalue weighted by molar-refractivity contribution is 0.0298. The van der Waals surface area contributed by atoms with Gasteiger partial charge in [-0.2, -0.15) is 0 Å². The number of aliphatic hydroxyl groups excluding tert-OH is 1. The average molecular weight is 430 g/mol. The Morgan fingerprint density at radius 2 is 1.90 bits per heavy atom. The fourth-order valence-corrected chi connectivity index (χ4v) is 4.22. The number of hydrogen-bond donors (Lipinski definition) is 3. The first-order valence-electron chi connectivity index (χ1n) is 10.7. The highest BCUT2D eigenvalue weighted by Gasteiger charge is 2.30. The lowest BCUT2D eigenvalue weighted by atomic mass is 10.00. The maximum atomic E-state index is 13.2. The molecule has 31 heavy (non-hydrogen) atoms. The van der Waals surface area contributed by atoms with Crippen molar-refractivity contribution in [2.24, 2.45) is 5.73 Å². The molecule has 0 saturated carbocycles. The predicted molar refractivity (Wildman–Crippen MR) is 119 cm³/mol. The molecular formula is C22H31N5O4. The fraction of sp³-hybridized carbons (Fsp3) is 0.500. The van der Waals surface area contributed by atoms with Crippen LogP contribution in [0.1, 0.15) is 42.1 Å². The molecule has 1 fully saturated rings. The van der Waals surface area contributed by atoms with Gasteiger partial charge in [-0.15, -0.1) is 0 Å². The molecule has 2 aromatic rings. The monoisotopic (exact) mass is 429 g/mol. The minimum absolute atomic E-state index is 0.0844. The minimum atomic E-state index is -1.07. The summed E-state index contributed by atoms with van der Waals surface area (Å²) in [7, 11) is 0. The van der Waals surface area contributed by atoms with Crippen LogP contribution in [0.4, 0.5) is 5.82 Å². The zero-order chi connectivity index (χ0) is 22.5. The summed E-state index contributed by atoms with van der Waals surface area (Å²) < 4.78 is 2.34. The van der Waals surface area contributed by atoms with E-state index in [1.54, 1.807) is 11.8 Å².